The van der Waals surface area contributed by atoms with Crippen molar-refractivity contribution >= 4 is 10.9 Å². The Morgan fingerprint density at radius 3 is 2.81 bits per heavy atom. The Balaban J connectivity index is 2.65. The molecule has 0 aliphatic carbocycles. The molecule has 0 radical (unpaired) electrons. The maximum absolute atomic E-state index is 5.75. The van der Waals surface area contributed by atoms with E-state index in [1.165, 1.54) is 16.6 Å². The first-order valence-electron chi connectivity index (χ1n) is 5.53. The number of fused-ring (bicyclic) bond motifs is 1. The van der Waals surface area contributed by atoms with E-state index in [-0.39, 0.29) is 0 Å². The molecular weight excluding hydrogens is 200 g/mol. The van der Waals surface area contributed by atoms with Crippen molar-refractivity contribution in [1.82, 2.24) is 4.98 Å². The fourth-order valence-electron chi connectivity index (χ4n) is 2.21. The minimum atomic E-state index is 0.362. The third kappa shape index (κ3) is 1.67. The highest BCUT2D eigenvalue weighted by Crippen LogP contribution is 2.30. The molecular formula is C13H18N2O. The summed E-state index contributed by atoms with van der Waals surface area (Å²) in [6.45, 7) is 4.90. The first-order chi connectivity index (χ1) is 7.67. The van der Waals surface area contributed by atoms with Crippen molar-refractivity contribution in [2.75, 3.05) is 13.7 Å². The van der Waals surface area contributed by atoms with Crippen molar-refractivity contribution in [3.8, 4) is 5.75 Å². The summed E-state index contributed by atoms with van der Waals surface area (Å²) < 4.78 is 5.25. The fourth-order valence-corrected chi connectivity index (χ4v) is 2.21. The van der Waals surface area contributed by atoms with Gasteiger partial charge in [0.15, 0.2) is 0 Å². The minimum Gasteiger partial charge on any atom is -0.497 e. The van der Waals surface area contributed by atoms with Gasteiger partial charge in [-0.15, -0.1) is 0 Å². The molecule has 1 aromatic carbocycles. The largest absolute Gasteiger partial charge is 0.497 e. The van der Waals surface area contributed by atoms with Crippen LogP contribution < -0.4 is 10.5 Å². The molecule has 0 fully saturated rings. The molecule has 2 rings (SSSR count). The summed E-state index contributed by atoms with van der Waals surface area (Å²) in [7, 11) is 1.69. The molecule has 0 saturated carbocycles. The summed E-state index contributed by atoms with van der Waals surface area (Å²) in [6.07, 6.45) is 0. The molecule has 0 saturated heterocycles. The van der Waals surface area contributed by atoms with Gasteiger partial charge < -0.3 is 15.5 Å². The summed E-state index contributed by atoms with van der Waals surface area (Å²) in [5.41, 5.74) is 9.39. The molecule has 1 heterocycles. The molecule has 0 aliphatic heterocycles. The Kier molecular flexibility index (Phi) is 2.88. The smallest absolute Gasteiger partial charge is 0.119 e. The highest BCUT2D eigenvalue weighted by Gasteiger charge is 2.14. The van der Waals surface area contributed by atoms with Crippen molar-refractivity contribution < 1.29 is 4.74 Å². The van der Waals surface area contributed by atoms with Crippen LogP contribution in [0.25, 0.3) is 10.9 Å². The molecule has 2 aromatic rings. The number of aromatic amines is 1. The van der Waals surface area contributed by atoms with Crippen LogP contribution >= 0.6 is 0 Å². The van der Waals surface area contributed by atoms with E-state index >= 15 is 0 Å². The van der Waals surface area contributed by atoms with Gasteiger partial charge >= 0.3 is 0 Å². The van der Waals surface area contributed by atoms with Crippen LogP contribution in [0.15, 0.2) is 18.2 Å². The fraction of sp³-hybridized carbons (Fsp3) is 0.385. The number of nitrogens with one attached hydrogen (secondary N) is 1. The van der Waals surface area contributed by atoms with Crippen molar-refractivity contribution in [1.29, 1.82) is 0 Å². The van der Waals surface area contributed by atoms with Gasteiger partial charge in [0.05, 0.1) is 7.11 Å². The lowest BCUT2D eigenvalue weighted by Crippen LogP contribution is -2.09. The van der Waals surface area contributed by atoms with Gasteiger partial charge in [0.25, 0.3) is 0 Å². The summed E-state index contributed by atoms with van der Waals surface area (Å²) in [4.78, 5) is 3.38. The Hall–Kier alpha value is -1.48. The zero-order valence-corrected chi connectivity index (χ0v) is 10.0. The number of H-pyrrole nitrogens is 1. The number of rotatable bonds is 3. The molecule has 16 heavy (non-hydrogen) atoms. The number of aryl methyl sites for hydroxylation is 1. The van der Waals surface area contributed by atoms with Crippen LogP contribution in [0.4, 0.5) is 0 Å². The number of ether oxygens (including phenoxy) is 1. The van der Waals surface area contributed by atoms with Gasteiger partial charge in [0, 0.05) is 16.6 Å². The first kappa shape index (κ1) is 11.0. The van der Waals surface area contributed by atoms with Crippen LogP contribution in [0.1, 0.15) is 24.1 Å². The molecule has 1 atom stereocenters. The second kappa shape index (κ2) is 4.18. The predicted octanol–water partition coefficient (Wildman–Crippen LogP) is 2.55. The normalized spacial score (nSPS) is 13.0. The number of hydrogen-bond donors (Lipinski definition) is 2. The van der Waals surface area contributed by atoms with Gasteiger partial charge in [-0.1, -0.05) is 6.92 Å². The van der Waals surface area contributed by atoms with Gasteiger partial charge in [0.2, 0.25) is 0 Å². The van der Waals surface area contributed by atoms with E-state index in [1.54, 1.807) is 7.11 Å². The number of benzene rings is 1. The molecule has 3 N–H and O–H groups in total. The van der Waals surface area contributed by atoms with Gasteiger partial charge in [-0.3, -0.25) is 0 Å². The highest BCUT2D eigenvalue weighted by molar-refractivity contribution is 5.86. The second-order valence-corrected chi connectivity index (χ2v) is 4.21. The van der Waals surface area contributed by atoms with Gasteiger partial charge in [-0.25, -0.2) is 0 Å². The Bertz CT molecular complexity index is 502. The second-order valence-electron chi connectivity index (χ2n) is 4.21. The van der Waals surface area contributed by atoms with E-state index < -0.39 is 0 Å². The standard InChI is InChI=1S/C13H18N2O/c1-8(7-14)13-9(2)15-12-5-4-10(16-3)6-11(12)13/h4-6,8,15H,7,14H2,1-3H3/t8-/m1/s1. The van der Waals surface area contributed by atoms with E-state index in [0.29, 0.717) is 12.5 Å². The van der Waals surface area contributed by atoms with Crippen molar-refractivity contribution in [2.45, 2.75) is 19.8 Å². The van der Waals surface area contributed by atoms with E-state index in [1.807, 2.05) is 12.1 Å². The third-order valence-corrected chi connectivity index (χ3v) is 3.09. The average molecular weight is 218 g/mol. The summed E-state index contributed by atoms with van der Waals surface area (Å²) in [6, 6.07) is 6.09. The molecule has 0 spiro atoms. The van der Waals surface area contributed by atoms with Crippen LogP contribution in [-0.2, 0) is 0 Å². The monoisotopic (exact) mass is 218 g/mol. The van der Waals surface area contributed by atoms with Crippen molar-refractivity contribution in [3.05, 3.63) is 29.5 Å². The lowest BCUT2D eigenvalue weighted by molar-refractivity contribution is 0.415. The zero-order valence-electron chi connectivity index (χ0n) is 10.0. The Morgan fingerprint density at radius 2 is 2.19 bits per heavy atom. The topological polar surface area (TPSA) is 51.0 Å². The van der Waals surface area contributed by atoms with Crippen LogP contribution in [0.5, 0.6) is 5.75 Å². The third-order valence-electron chi connectivity index (χ3n) is 3.09. The maximum atomic E-state index is 5.75. The summed E-state index contributed by atoms with van der Waals surface area (Å²) in [5.74, 6) is 1.25. The number of nitrogens with two attached hydrogens (primary N) is 1. The van der Waals surface area contributed by atoms with E-state index in [9.17, 15) is 0 Å². The Morgan fingerprint density at radius 1 is 1.44 bits per heavy atom. The average Bonchev–Trinajstić information content (AvgIpc) is 2.63. The van der Waals surface area contributed by atoms with E-state index in [2.05, 4.69) is 24.9 Å². The molecule has 1 aromatic heterocycles. The van der Waals surface area contributed by atoms with Crippen LogP contribution in [0.3, 0.4) is 0 Å². The lowest BCUT2D eigenvalue weighted by Gasteiger charge is -2.09. The number of aromatic nitrogens is 1. The quantitative estimate of drug-likeness (QED) is 0.831. The van der Waals surface area contributed by atoms with Gasteiger partial charge in [-0.2, -0.15) is 0 Å². The molecule has 0 aliphatic rings. The summed E-state index contributed by atoms with van der Waals surface area (Å²) >= 11 is 0. The van der Waals surface area contributed by atoms with E-state index in [0.717, 1.165) is 11.3 Å². The molecule has 3 nitrogen and oxygen atoms in total. The number of methoxy groups -OCH3 is 1. The molecule has 86 valence electrons. The first-order valence-corrected chi connectivity index (χ1v) is 5.53. The van der Waals surface area contributed by atoms with Crippen LogP contribution in [0, 0.1) is 6.92 Å². The Labute approximate surface area is 95.6 Å². The van der Waals surface area contributed by atoms with E-state index in [4.69, 9.17) is 10.5 Å². The molecule has 0 amide bonds. The molecule has 3 heteroatoms. The highest BCUT2D eigenvalue weighted by atomic mass is 16.5. The molecule has 0 unspecified atom stereocenters. The zero-order chi connectivity index (χ0) is 11.7. The maximum Gasteiger partial charge on any atom is 0.119 e. The van der Waals surface area contributed by atoms with Gasteiger partial charge in [0.1, 0.15) is 5.75 Å². The van der Waals surface area contributed by atoms with Crippen LogP contribution in [0.2, 0.25) is 0 Å². The predicted molar refractivity (Wildman–Crippen MR) is 67.1 cm³/mol. The van der Waals surface area contributed by atoms with Crippen LogP contribution in [-0.4, -0.2) is 18.6 Å². The SMILES string of the molecule is COc1ccc2[nH]c(C)c([C@H](C)CN)c2c1. The minimum absolute atomic E-state index is 0.362. The van der Waals surface area contributed by atoms with Gasteiger partial charge in [-0.05, 0) is 43.1 Å². The van der Waals surface area contributed by atoms with Crippen molar-refractivity contribution in [3.63, 3.8) is 0 Å². The summed E-state index contributed by atoms with van der Waals surface area (Å²) in [5, 5.41) is 1.22. The lowest BCUT2D eigenvalue weighted by atomic mass is 9.98. The van der Waals surface area contributed by atoms with Crippen molar-refractivity contribution in [2.24, 2.45) is 5.73 Å². The number of hydrogen-bond acceptors (Lipinski definition) is 2. The molecule has 0 bridgehead atoms.